The van der Waals surface area contributed by atoms with E-state index in [1.165, 1.54) is 5.56 Å². The van der Waals surface area contributed by atoms with Gasteiger partial charge in [0.1, 0.15) is 12.9 Å². The van der Waals surface area contributed by atoms with Crippen molar-refractivity contribution >= 4 is 0 Å². The minimum atomic E-state index is -0.0598. The topological polar surface area (TPSA) is 50.9 Å². The van der Waals surface area contributed by atoms with Gasteiger partial charge in [-0.2, -0.15) is 0 Å². The number of aliphatic hydroxyl groups is 1. The molecule has 4 heteroatoms. The SMILES string of the molecule is CC(CCc1ccccc1)n1cnnc1CO. The summed E-state index contributed by atoms with van der Waals surface area (Å²) in [5.41, 5.74) is 1.33. The zero-order valence-electron chi connectivity index (χ0n) is 9.95. The fraction of sp³-hybridized carbons (Fsp3) is 0.385. The van der Waals surface area contributed by atoms with Gasteiger partial charge in [0.05, 0.1) is 0 Å². The molecule has 17 heavy (non-hydrogen) atoms. The van der Waals surface area contributed by atoms with Crippen LogP contribution in [0, 0.1) is 0 Å². The first-order valence-corrected chi connectivity index (χ1v) is 5.84. The van der Waals surface area contributed by atoms with Crippen LogP contribution in [0.5, 0.6) is 0 Å². The molecule has 0 aliphatic rings. The molecule has 1 atom stereocenters. The van der Waals surface area contributed by atoms with Gasteiger partial charge in [-0.15, -0.1) is 10.2 Å². The monoisotopic (exact) mass is 231 g/mol. The van der Waals surface area contributed by atoms with Crippen LogP contribution < -0.4 is 0 Å². The van der Waals surface area contributed by atoms with Gasteiger partial charge in [-0.05, 0) is 25.3 Å². The largest absolute Gasteiger partial charge is 0.388 e. The van der Waals surface area contributed by atoms with Crippen LogP contribution in [0.4, 0.5) is 0 Å². The number of benzene rings is 1. The van der Waals surface area contributed by atoms with Crippen LogP contribution in [-0.4, -0.2) is 19.9 Å². The molecule has 0 spiro atoms. The number of aromatic nitrogens is 3. The Labute approximate surface area is 101 Å². The van der Waals surface area contributed by atoms with Crippen LogP contribution in [0.15, 0.2) is 36.7 Å². The fourth-order valence-corrected chi connectivity index (χ4v) is 1.91. The number of aliphatic hydroxyl groups excluding tert-OH is 1. The van der Waals surface area contributed by atoms with E-state index >= 15 is 0 Å². The quantitative estimate of drug-likeness (QED) is 0.855. The summed E-state index contributed by atoms with van der Waals surface area (Å²) in [4.78, 5) is 0. The highest BCUT2D eigenvalue weighted by molar-refractivity contribution is 5.14. The van der Waals surface area contributed by atoms with Crippen LogP contribution in [0.3, 0.4) is 0 Å². The Balaban J connectivity index is 1.96. The molecule has 1 unspecified atom stereocenters. The van der Waals surface area contributed by atoms with Crippen molar-refractivity contribution in [3.8, 4) is 0 Å². The molecule has 1 N–H and O–H groups in total. The molecule has 0 aliphatic heterocycles. The molecule has 0 aliphatic carbocycles. The highest BCUT2D eigenvalue weighted by Crippen LogP contribution is 2.15. The lowest BCUT2D eigenvalue weighted by atomic mass is 10.1. The van der Waals surface area contributed by atoms with Crippen molar-refractivity contribution in [2.75, 3.05) is 0 Å². The molecule has 4 nitrogen and oxygen atoms in total. The van der Waals surface area contributed by atoms with Crippen LogP contribution in [0.25, 0.3) is 0 Å². The lowest BCUT2D eigenvalue weighted by Gasteiger charge is -2.14. The van der Waals surface area contributed by atoms with E-state index in [4.69, 9.17) is 5.11 Å². The summed E-state index contributed by atoms with van der Waals surface area (Å²) in [6.45, 7) is 2.06. The summed E-state index contributed by atoms with van der Waals surface area (Å²) in [5, 5.41) is 16.8. The third-order valence-corrected chi connectivity index (χ3v) is 2.96. The number of nitrogens with zero attached hydrogens (tertiary/aromatic N) is 3. The van der Waals surface area contributed by atoms with Crippen molar-refractivity contribution < 1.29 is 5.11 Å². The van der Waals surface area contributed by atoms with Crippen LogP contribution in [-0.2, 0) is 13.0 Å². The number of hydrogen-bond acceptors (Lipinski definition) is 3. The number of rotatable bonds is 5. The Morgan fingerprint density at radius 1 is 1.29 bits per heavy atom. The molecular weight excluding hydrogens is 214 g/mol. The van der Waals surface area contributed by atoms with E-state index < -0.39 is 0 Å². The molecule has 0 fully saturated rings. The Morgan fingerprint density at radius 3 is 2.76 bits per heavy atom. The standard InChI is InChI=1S/C13H17N3O/c1-11(16-10-14-15-13(16)9-17)7-8-12-5-3-2-4-6-12/h2-6,10-11,17H,7-9H2,1H3. The molecule has 2 rings (SSSR count). The van der Waals surface area contributed by atoms with Crippen molar-refractivity contribution in [2.45, 2.75) is 32.4 Å². The van der Waals surface area contributed by atoms with E-state index in [9.17, 15) is 0 Å². The van der Waals surface area contributed by atoms with Crippen molar-refractivity contribution in [1.29, 1.82) is 0 Å². The minimum Gasteiger partial charge on any atom is -0.388 e. The van der Waals surface area contributed by atoms with E-state index in [1.807, 2.05) is 10.6 Å². The van der Waals surface area contributed by atoms with Crippen LogP contribution >= 0.6 is 0 Å². The first-order valence-electron chi connectivity index (χ1n) is 5.84. The second-order valence-corrected chi connectivity index (χ2v) is 4.19. The van der Waals surface area contributed by atoms with Crippen molar-refractivity contribution in [3.63, 3.8) is 0 Å². The maximum absolute atomic E-state index is 9.12. The van der Waals surface area contributed by atoms with Gasteiger partial charge in [0.15, 0.2) is 5.82 Å². The first-order chi connectivity index (χ1) is 8.31. The lowest BCUT2D eigenvalue weighted by Crippen LogP contribution is -2.09. The molecule has 1 aromatic carbocycles. The summed E-state index contributed by atoms with van der Waals surface area (Å²) in [7, 11) is 0. The predicted molar refractivity (Wildman–Crippen MR) is 65.4 cm³/mol. The van der Waals surface area contributed by atoms with Crippen LogP contribution in [0.2, 0.25) is 0 Å². The third kappa shape index (κ3) is 2.91. The van der Waals surface area contributed by atoms with Crippen LogP contribution in [0.1, 0.15) is 30.8 Å². The van der Waals surface area contributed by atoms with E-state index in [0.717, 1.165) is 12.8 Å². The second kappa shape index (κ2) is 5.59. The molecule has 0 saturated heterocycles. The molecule has 0 saturated carbocycles. The Morgan fingerprint density at radius 2 is 2.06 bits per heavy atom. The molecular formula is C13H17N3O. The minimum absolute atomic E-state index is 0.0598. The Bertz CT molecular complexity index is 453. The second-order valence-electron chi connectivity index (χ2n) is 4.19. The highest BCUT2D eigenvalue weighted by atomic mass is 16.3. The zero-order valence-corrected chi connectivity index (χ0v) is 9.95. The van der Waals surface area contributed by atoms with E-state index in [-0.39, 0.29) is 6.61 Å². The summed E-state index contributed by atoms with van der Waals surface area (Å²) in [6.07, 6.45) is 3.71. The van der Waals surface area contributed by atoms with Gasteiger partial charge >= 0.3 is 0 Å². The maximum Gasteiger partial charge on any atom is 0.158 e. The highest BCUT2D eigenvalue weighted by Gasteiger charge is 2.10. The van der Waals surface area contributed by atoms with Gasteiger partial charge in [-0.3, -0.25) is 0 Å². The Hall–Kier alpha value is -1.68. The molecule has 0 radical (unpaired) electrons. The van der Waals surface area contributed by atoms with Gasteiger partial charge in [-0.25, -0.2) is 0 Å². The van der Waals surface area contributed by atoms with Crippen molar-refractivity contribution in [2.24, 2.45) is 0 Å². The summed E-state index contributed by atoms with van der Waals surface area (Å²) in [6, 6.07) is 10.7. The average Bonchev–Trinajstić information content (AvgIpc) is 2.85. The number of hydrogen-bond donors (Lipinski definition) is 1. The lowest BCUT2D eigenvalue weighted by molar-refractivity contribution is 0.260. The molecule has 1 heterocycles. The van der Waals surface area contributed by atoms with Crippen molar-refractivity contribution in [1.82, 2.24) is 14.8 Å². The molecule has 0 amide bonds. The fourth-order valence-electron chi connectivity index (χ4n) is 1.91. The summed E-state index contributed by atoms with van der Waals surface area (Å²) < 4.78 is 1.93. The molecule has 0 bridgehead atoms. The number of aryl methyl sites for hydroxylation is 1. The first kappa shape index (κ1) is 11.8. The Kier molecular flexibility index (Phi) is 3.88. The van der Waals surface area contributed by atoms with Crippen molar-refractivity contribution in [3.05, 3.63) is 48.0 Å². The summed E-state index contributed by atoms with van der Waals surface area (Å²) in [5.74, 6) is 0.630. The average molecular weight is 231 g/mol. The van der Waals surface area contributed by atoms with E-state index in [2.05, 4.69) is 41.4 Å². The normalized spacial score (nSPS) is 12.6. The van der Waals surface area contributed by atoms with Gasteiger partial charge in [-0.1, -0.05) is 30.3 Å². The molecule has 2 aromatic rings. The van der Waals surface area contributed by atoms with E-state index in [0.29, 0.717) is 11.9 Å². The van der Waals surface area contributed by atoms with E-state index in [1.54, 1.807) is 6.33 Å². The zero-order chi connectivity index (χ0) is 12.1. The van der Waals surface area contributed by atoms with Gasteiger partial charge < -0.3 is 9.67 Å². The maximum atomic E-state index is 9.12. The molecule has 90 valence electrons. The summed E-state index contributed by atoms with van der Waals surface area (Å²) >= 11 is 0. The third-order valence-electron chi connectivity index (χ3n) is 2.96. The predicted octanol–water partition coefficient (Wildman–Crippen LogP) is 1.96. The van der Waals surface area contributed by atoms with Gasteiger partial charge in [0.25, 0.3) is 0 Å². The van der Waals surface area contributed by atoms with Gasteiger partial charge in [0, 0.05) is 6.04 Å². The van der Waals surface area contributed by atoms with Gasteiger partial charge in [0.2, 0.25) is 0 Å². The molecule has 1 aromatic heterocycles. The smallest absolute Gasteiger partial charge is 0.158 e.